The minimum Gasteiger partial charge on any atom is -0.494 e. The predicted molar refractivity (Wildman–Crippen MR) is 82.0 cm³/mol. The molecule has 0 amide bonds. The quantitative estimate of drug-likeness (QED) is 0.752. The molecule has 1 N–H and O–H groups in total. The standard InChI is InChI=1S/C17H27NO2/c1-3-11-18(12-14-5-6-14)13-17(19)15-7-9-16(10-8-15)20-4-2/h7-10,14,17,19H,3-6,11-13H2,1-2H3. The first-order chi connectivity index (χ1) is 9.72. The Labute approximate surface area is 122 Å². The van der Waals surface area contributed by atoms with Crippen LogP contribution in [-0.4, -0.2) is 36.2 Å². The van der Waals surface area contributed by atoms with Crippen LogP contribution in [0.15, 0.2) is 24.3 Å². The molecule has 0 aliphatic heterocycles. The first kappa shape index (κ1) is 15.3. The fourth-order valence-corrected chi connectivity index (χ4v) is 2.54. The SMILES string of the molecule is CCCN(CC1CC1)CC(O)c1ccc(OCC)cc1. The van der Waals surface area contributed by atoms with Gasteiger partial charge in [0.25, 0.3) is 0 Å². The molecule has 0 aromatic heterocycles. The largest absolute Gasteiger partial charge is 0.494 e. The van der Waals surface area contributed by atoms with E-state index in [0.717, 1.165) is 43.3 Å². The molecular formula is C17H27NO2. The molecule has 0 spiro atoms. The van der Waals surface area contributed by atoms with Crippen LogP contribution in [0.4, 0.5) is 0 Å². The average Bonchev–Trinajstić information content (AvgIpc) is 3.24. The van der Waals surface area contributed by atoms with E-state index in [0.29, 0.717) is 6.61 Å². The molecule has 0 radical (unpaired) electrons. The Morgan fingerprint density at radius 2 is 1.95 bits per heavy atom. The van der Waals surface area contributed by atoms with Gasteiger partial charge in [-0.05, 0) is 56.3 Å². The van der Waals surface area contributed by atoms with Gasteiger partial charge in [0.15, 0.2) is 0 Å². The Hall–Kier alpha value is -1.06. The number of aliphatic hydroxyl groups is 1. The molecule has 2 rings (SSSR count). The van der Waals surface area contributed by atoms with Gasteiger partial charge in [0.1, 0.15) is 5.75 Å². The van der Waals surface area contributed by atoms with E-state index in [-0.39, 0.29) is 0 Å². The van der Waals surface area contributed by atoms with Crippen LogP contribution in [0, 0.1) is 5.92 Å². The van der Waals surface area contributed by atoms with Gasteiger partial charge >= 0.3 is 0 Å². The van der Waals surface area contributed by atoms with Crippen molar-refractivity contribution in [3.05, 3.63) is 29.8 Å². The molecule has 0 heterocycles. The topological polar surface area (TPSA) is 32.7 Å². The van der Waals surface area contributed by atoms with Crippen molar-refractivity contribution in [3.63, 3.8) is 0 Å². The number of benzene rings is 1. The van der Waals surface area contributed by atoms with Gasteiger partial charge in [-0.25, -0.2) is 0 Å². The lowest BCUT2D eigenvalue weighted by Gasteiger charge is -2.24. The lowest BCUT2D eigenvalue weighted by Crippen LogP contribution is -2.31. The van der Waals surface area contributed by atoms with Gasteiger partial charge in [0.05, 0.1) is 12.7 Å². The normalized spacial score (nSPS) is 16.4. The van der Waals surface area contributed by atoms with Crippen LogP contribution >= 0.6 is 0 Å². The summed E-state index contributed by atoms with van der Waals surface area (Å²) < 4.78 is 5.43. The first-order valence-corrected chi connectivity index (χ1v) is 7.86. The van der Waals surface area contributed by atoms with E-state index >= 15 is 0 Å². The monoisotopic (exact) mass is 277 g/mol. The van der Waals surface area contributed by atoms with Crippen molar-refractivity contribution in [2.75, 3.05) is 26.2 Å². The molecule has 1 unspecified atom stereocenters. The van der Waals surface area contributed by atoms with E-state index in [9.17, 15) is 5.11 Å². The summed E-state index contributed by atoms with van der Waals surface area (Å²) in [6.45, 7) is 7.80. The van der Waals surface area contributed by atoms with Crippen molar-refractivity contribution >= 4 is 0 Å². The highest BCUT2D eigenvalue weighted by atomic mass is 16.5. The number of ether oxygens (including phenoxy) is 1. The van der Waals surface area contributed by atoms with Gasteiger partial charge < -0.3 is 14.7 Å². The molecule has 0 bridgehead atoms. The lowest BCUT2D eigenvalue weighted by molar-refractivity contribution is 0.110. The summed E-state index contributed by atoms with van der Waals surface area (Å²) in [7, 11) is 0. The summed E-state index contributed by atoms with van der Waals surface area (Å²) in [5.41, 5.74) is 0.977. The second-order valence-electron chi connectivity index (χ2n) is 5.72. The number of aliphatic hydroxyl groups excluding tert-OH is 1. The van der Waals surface area contributed by atoms with E-state index in [1.165, 1.54) is 12.8 Å². The first-order valence-electron chi connectivity index (χ1n) is 7.86. The molecule has 1 atom stereocenters. The molecule has 3 nitrogen and oxygen atoms in total. The summed E-state index contributed by atoms with van der Waals surface area (Å²) in [4.78, 5) is 2.40. The zero-order valence-electron chi connectivity index (χ0n) is 12.7. The van der Waals surface area contributed by atoms with Crippen molar-refractivity contribution in [2.24, 2.45) is 5.92 Å². The van der Waals surface area contributed by atoms with Crippen molar-refractivity contribution in [1.82, 2.24) is 4.90 Å². The van der Waals surface area contributed by atoms with Gasteiger partial charge in [-0.15, -0.1) is 0 Å². The van der Waals surface area contributed by atoms with Crippen molar-refractivity contribution in [2.45, 2.75) is 39.2 Å². The molecule has 1 aliphatic rings. The predicted octanol–water partition coefficient (Wildman–Crippen LogP) is 3.24. The summed E-state index contributed by atoms with van der Waals surface area (Å²) >= 11 is 0. The van der Waals surface area contributed by atoms with Gasteiger partial charge in [0, 0.05) is 13.1 Å². The third-order valence-electron chi connectivity index (χ3n) is 3.76. The highest BCUT2D eigenvalue weighted by Gasteiger charge is 2.25. The van der Waals surface area contributed by atoms with Crippen molar-refractivity contribution < 1.29 is 9.84 Å². The Morgan fingerprint density at radius 1 is 1.25 bits per heavy atom. The third kappa shape index (κ3) is 4.80. The minimum atomic E-state index is -0.407. The smallest absolute Gasteiger partial charge is 0.119 e. The van der Waals surface area contributed by atoms with E-state index in [1.807, 2.05) is 31.2 Å². The summed E-state index contributed by atoms with van der Waals surface area (Å²) in [6, 6.07) is 7.81. The summed E-state index contributed by atoms with van der Waals surface area (Å²) in [5, 5.41) is 10.4. The van der Waals surface area contributed by atoms with Crippen molar-refractivity contribution in [3.8, 4) is 5.75 Å². The third-order valence-corrected chi connectivity index (χ3v) is 3.76. The van der Waals surface area contributed by atoms with Crippen LogP contribution in [-0.2, 0) is 0 Å². The number of hydrogen-bond acceptors (Lipinski definition) is 3. The maximum absolute atomic E-state index is 10.4. The molecule has 1 fully saturated rings. The maximum atomic E-state index is 10.4. The summed E-state index contributed by atoms with van der Waals surface area (Å²) in [6.07, 6.45) is 3.46. The summed E-state index contributed by atoms with van der Waals surface area (Å²) in [5.74, 6) is 1.74. The average molecular weight is 277 g/mol. The van der Waals surface area contributed by atoms with Gasteiger partial charge in [-0.2, -0.15) is 0 Å². The van der Waals surface area contributed by atoms with E-state index in [4.69, 9.17) is 4.74 Å². The zero-order chi connectivity index (χ0) is 14.4. The molecule has 3 heteroatoms. The molecule has 112 valence electrons. The van der Waals surface area contributed by atoms with Crippen LogP contribution < -0.4 is 4.74 Å². The van der Waals surface area contributed by atoms with Crippen LogP contribution in [0.25, 0.3) is 0 Å². The van der Waals surface area contributed by atoms with Crippen molar-refractivity contribution in [1.29, 1.82) is 0 Å². The van der Waals surface area contributed by atoms with E-state index in [1.54, 1.807) is 0 Å². The second kappa shape index (κ2) is 7.65. The number of rotatable bonds is 9. The molecule has 20 heavy (non-hydrogen) atoms. The minimum absolute atomic E-state index is 0.407. The molecule has 0 saturated heterocycles. The molecule has 1 aromatic rings. The van der Waals surface area contributed by atoms with Gasteiger partial charge in [-0.1, -0.05) is 19.1 Å². The molecule has 1 aromatic carbocycles. The van der Waals surface area contributed by atoms with Crippen LogP contribution in [0.1, 0.15) is 44.8 Å². The zero-order valence-corrected chi connectivity index (χ0v) is 12.7. The molecular weight excluding hydrogens is 250 g/mol. The Morgan fingerprint density at radius 3 is 2.50 bits per heavy atom. The Kier molecular flexibility index (Phi) is 5.86. The highest BCUT2D eigenvalue weighted by molar-refractivity contribution is 5.28. The lowest BCUT2D eigenvalue weighted by atomic mass is 10.1. The fourth-order valence-electron chi connectivity index (χ4n) is 2.54. The van der Waals surface area contributed by atoms with Crippen LogP contribution in [0.5, 0.6) is 5.75 Å². The highest BCUT2D eigenvalue weighted by Crippen LogP contribution is 2.30. The van der Waals surface area contributed by atoms with Gasteiger partial charge in [0.2, 0.25) is 0 Å². The number of hydrogen-bond donors (Lipinski definition) is 1. The van der Waals surface area contributed by atoms with Gasteiger partial charge in [-0.3, -0.25) is 0 Å². The molecule has 1 aliphatic carbocycles. The second-order valence-corrected chi connectivity index (χ2v) is 5.72. The van der Waals surface area contributed by atoms with Crippen LogP contribution in [0.2, 0.25) is 0 Å². The van der Waals surface area contributed by atoms with E-state index in [2.05, 4.69) is 11.8 Å². The Balaban J connectivity index is 1.88. The maximum Gasteiger partial charge on any atom is 0.119 e. The fraction of sp³-hybridized carbons (Fsp3) is 0.647. The van der Waals surface area contributed by atoms with E-state index < -0.39 is 6.10 Å². The Bertz CT molecular complexity index is 386. The molecule has 1 saturated carbocycles. The van der Waals surface area contributed by atoms with Crippen LogP contribution in [0.3, 0.4) is 0 Å². The number of nitrogens with zero attached hydrogens (tertiary/aromatic N) is 1.